The molecule has 1 aromatic carbocycles. The van der Waals surface area contributed by atoms with E-state index in [9.17, 15) is 0 Å². The summed E-state index contributed by atoms with van der Waals surface area (Å²) in [4.78, 5) is 12.1. The molecule has 0 radical (unpaired) electrons. The van der Waals surface area contributed by atoms with Crippen LogP contribution in [-0.4, -0.2) is 36.3 Å². The summed E-state index contributed by atoms with van der Waals surface area (Å²) in [5.41, 5.74) is 0.974. The molecule has 1 aromatic heterocycles. The average molecular weight is 323 g/mol. The number of anilines is 1. The standard InChI is InChI=1S/C15H16ClN3OS/c16-15-17-12(11-21-13-4-2-1-3-5-13)10-14(18-15)19-6-8-20-9-7-19/h1-5,10H,6-9,11H2/p+1. The molecular formula is C15H17ClN3OS+. The number of hydrogen-bond acceptors (Lipinski definition) is 4. The van der Waals surface area contributed by atoms with Gasteiger partial charge in [0, 0.05) is 30.9 Å². The maximum atomic E-state index is 6.07. The Morgan fingerprint density at radius 3 is 2.67 bits per heavy atom. The lowest BCUT2D eigenvalue weighted by atomic mass is 10.3. The second-order valence-corrected chi connectivity index (χ2v) is 6.22. The van der Waals surface area contributed by atoms with Crippen molar-refractivity contribution in [1.29, 1.82) is 0 Å². The van der Waals surface area contributed by atoms with Gasteiger partial charge in [-0.15, -0.1) is 0 Å². The quantitative estimate of drug-likeness (QED) is 0.492. The summed E-state index contributed by atoms with van der Waals surface area (Å²) in [7, 11) is 0. The lowest BCUT2D eigenvalue weighted by Gasteiger charge is -2.27. The molecule has 0 spiro atoms. The summed E-state index contributed by atoms with van der Waals surface area (Å²) in [6, 6.07) is 12.4. The number of hydrogen-bond donors (Lipinski definition) is 0. The van der Waals surface area contributed by atoms with Gasteiger partial charge in [0.25, 0.3) is 0 Å². The number of ether oxygens (including phenoxy) is 1. The Bertz CT molecular complexity index is 591. The Kier molecular flexibility index (Phi) is 4.95. The molecule has 0 unspecified atom stereocenters. The van der Waals surface area contributed by atoms with Crippen LogP contribution in [0.4, 0.5) is 5.82 Å². The molecule has 2 aromatic rings. The highest BCUT2D eigenvalue weighted by molar-refractivity contribution is 7.77. The molecule has 0 amide bonds. The van der Waals surface area contributed by atoms with E-state index in [4.69, 9.17) is 16.3 Å². The van der Waals surface area contributed by atoms with E-state index in [1.165, 1.54) is 16.7 Å². The Labute approximate surface area is 133 Å². The fourth-order valence-corrected chi connectivity index (χ4v) is 3.28. The molecule has 1 fully saturated rings. The minimum Gasteiger partial charge on any atom is -0.378 e. The molecule has 1 aliphatic heterocycles. The van der Waals surface area contributed by atoms with Crippen LogP contribution in [0.5, 0.6) is 0 Å². The highest BCUT2D eigenvalue weighted by Gasteiger charge is 2.15. The van der Waals surface area contributed by atoms with Gasteiger partial charge in [0.2, 0.25) is 5.28 Å². The lowest BCUT2D eigenvalue weighted by molar-refractivity contribution is 0.122. The van der Waals surface area contributed by atoms with Crippen LogP contribution in [0, 0.1) is 0 Å². The minimum absolute atomic E-state index is 0.317. The third kappa shape index (κ3) is 4.09. The maximum Gasteiger partial charge on any atom is 0.224 e. The van der Waals surface area contributed by atoms with Gasteiger partial charge >= 0.3 is 0 Å². The maximum absolute atomic E-state index is 6.07. The smallest absolute Gasteiger partial charge is 0.224 e. The first kappa shape index (κ1) is 14.6. The summed E-state index contributed by atoms with van der Waals surface area (Å²) in [5.74, 6) is 1.74. The SMILES string of the molecule is Clc1nc(C[SH+]c2ccccc2)cc(N2CCOCC2)n1. The van der Waals surface area contributed by atoms with E-state index in [-0.39, 0.29) is 0 Å². The molecule has 0 aliphatic carbocycles. The number of morpholine rings is 1. The van der Waals surface area contributed by atoms with Crippen LogP contribution in [0.15, 0.2) is 41.3 Å². The van der Waals surface area contributed by atoms with Gasteiger partial charge in [-0.1, -0.05) is 18.2 Å². The van der Waals surface area contributed by atoms with Gasteiger partial charge in [-0.25, -0.2) is 9.97 Å². The normalized spacial score (nSPS) is 15.2. The van der Waals surface area contributed by atoms with Crippen LogP contribution in [-0.2, 0) is 22.3 Å². The van der Waals surface area contributed by atoms with Crippen molar-refractivity contribution < 1.29 is 4.74 Å². The zero-order valence-electron chi connectivity index (χ0n) is 11.6. The molecule has 2 heterocycles. The fourth-order valence-electron chi connectivity index (χ4n) is 2.19. The monoisotopic (exact) mass is 322 g/mol. The van der Waals surface area contributed by atoms with Crippen LogP contribution in [0.1, 0.15) is 5.69 Å². The van der Waals surface area contributed by atoms with E-state index < -0.39 is 0 Å². The van der Waals surface area contributed by atoms with Crippen LogP contribution in [0.2, 0.25) is 5.28 Å². The Hall–Kier alpha value is -1.30. The van der Waals surface area contributed by atoms with E-state index in [1.807, 2.05) is 12.1 Å². The zero-order valence-corrected chi connectivity index (χ0v) is 13.2. The van der Waals surface area contributed by atoms with Crippen LogP contribution in [0.25, 0.3) is 0 Å². The highest BCUT2D eigenvalue weighted by Crippen LogP contribution is 2.18. The number of benzene rings is 1. The first-order valence-electron chi connectivity index (χ1n) is 6.90. The largest absolute Gasteiger partial charge is 0.378 e. The second-order valence-electron chi connectivity index (χ2n) is 4.74. The molecule has 1 saturated heterocycles. The summed E-state index contributed by atoms with van der Waals surface area (Å²) < 4.78 is 5.37. The molecule has 21 heavy (non-hydrogen) atoms. The van der Waals surface area contributed by atoms with Crippen molar-refractivity contribution in [2.75, 3.05) is 31.2 Å². The zero-order chi connectivity index (χ0) is 14.5. The number of halogens is 1. The van der Waals surface area contributed by atoms with E-state index in [2.05, 4.69) is 39.1 Å². The average Bonchev–Trinajstić information content (AvgIpc) is 2.54. The molecule has 0 atom stereocenters. The molecule has 110 valence electrons. The second kappa shape index (κ2) is 7.11. The highest BCUT2D eigenvalue weighted by atomic mass is 35.5. The van der Waals surface area contributed by atoms with Crippen LogP contribution >= 0.6 is 11.6 Å². The first-order valence-corrected chi connectivity index (χ1v) is 8.36. The minimum atomic E-state index is 0.317. The van der Waals surface area contributed by atoms with Crippen LogP contribution < -0.4 is 4.90 Å². The van der Waals surface area contributed by atoms with Crippen molar-refractivity contribution >= 4 is 29.2 Å². The molecule has 6 heteroatoms. The van der Waals surface area contributed by atoms with Gasteiger partial charge in [-0.05, 0) is 23.7 Å². The van der Waals surface area contributed by atoms with Crippen molar-refractivity contribution in [3.05, 3.63) is 47.4 Å². The summed E-state index contributed by atoms with van der Waals surface area (Å²) in [5, 5.41) is 0.317. The van der Waals surface area contributed by atoms with Crippen molar-refractivity contribution in [1.82, 2.24) is 9.97 Å². The van der Waals surface area contributed by atoms with Gasteiger partial charge in [-0.3, -0.25) is 0 Å². The topological polar surface area (TPSA) is 38.2 Å². The van der Waals surface area contributed by atoms with Crippen molar-refractivity contribution in [3.8, 4) is 0 Å². The molecule has 1 aliphatic rings. The van der Waals surface area contributed by atoms with Crippen LogP contribution in [0.3, 0.4) is 0 Å². The predicted octanol–water partition coefficient (Wildman–Crippen LogP) is 2.34. The first-order chi connectivity index (χ1) is 10.3. The molecule has 4 nitrogen and oxygen atoms in total. The molecular weight excluding hydrogens is 306 g/mol. The number of aromatic nitrogens is 2. The van der Waals surface area contributed by atoms with Gasteiger partial charge in [-0.2, -0.15) is 0 Å². The molecule has 0 N–H and O–H groups in total. The van der Waals surface area contributed by atoms with Gasteiger partial charge < -0.3 is 9.64 Å². The third-order valence-corrected chi connectivity index (χ3v) is 4.57. The summed E-state index contributed by atoms with van der Waals surface area (Å²) in [6.45, 7) is 3.17. The van der Waals surface area contributed by atoms with E-state index in [0.717, 1.165) is 43.6 Å². The predicted molar refractivity (Wildman–Crippen MR) is 87.2 cm³/mol. The Morgan fingerprint density at radius 1 is 1.14 bits per heavy atom. The van der Waals surface area contributed by atoms with Gasteiger partial charge in [0.1, 0.15) is 5.82 Å². The molecule has 3 rings (SSSR count). The molecule has 0 saturated carbocycles. The number of nitrogens with zero attached hydrogens (tertiary/aromatic N) is 3. The Balaban J connectivity index is 1.71. The third-order valence-electron chi connectivity index (χ3n) is 3.25. The van der Waals surface area contributed by atoms with E-state index in [1.54, 1.807) is 0 Å². The molecule has 0 bridgehead atoms. The van der Waals surface area contributed by atoms with E-state index in [0.29, 0.717) is 5.28 Å². The fraction of sp³-hybridized carbons (Fsp3) is 0.333. The van der Waals surface area contributed by atoms with Crippen molar-refractivity contribution in [2.24, 2.45) is 0 Å². The van der Waals surface area contributed by atoms with Crippen molar-refractivity contribution in [2.45, 2.75) is 10.6 Å². The van der Waals surface area contributed by atoms with E-state index >= 15 is 0 Å². The summed E-state index contributed by atoms with van der Waals surface area (Å²) >= 11 is 7.29. The summed E-state index contributed by atoms with van der Waals surface area (Å²) in [6.07, 6.45) is 0. The van der Waals surface area contributed by atoms with Gasteiger partial charge in [0.15, 0.2) is 10.6 Å². The number of thiol groups is 1. The lowest BCUT2D eigenvalue weighted by Crippen LogP contribution is -2.36. The number of rotatable bonds is 4. The van der Waals surface area contributed by atoms with Crippen molar-refractivity contribution in [3.63, 3.8) is 0 Å². The van der Waals surface area contributed by atoms with Gasteiger partial charge in [0.05, 0.1) is 18.9 Å². The Morgan fingerprint density at radius 2 is 1.90 bits per heavy atom.